The summed E-state index contributed by atoms with van der Waals surface area (Å²) in [5.41, 5.74) is 10.2. The number of rotatable bonds is 5. The fraction of sp³-hybridized carbons (Fsp3) is 0.667. The highest BCUT2D eigenvalue weighted by Crippen LogP contribution is 1.89. The molecule has 0 aromatic carbocycles. The predicted octanol–water partition coefficient (Wildman–Crippen LogP) is -1.41. The molecule has 0 aromatic heterocycles. The van der Waals surface area contributed by atoms with Crippen LogP contribution in [-0.4, -0.2) is 29.5 Å². The Morgan fingerprint density at radius 1 is 1.67 bits per heavy atom. The lowest BCUT2D eigenvalue weighted by Gasteiger charge is -2.13. The summed E-state index contributed by atoms with van der Waals surface area (Å²) in [6, 6.07) is -0.303. The van der Waals surface area contributed by atoms with Crippen LogP contribution in [0.3, 0.4) is 0 Å². The lowest BCUT2D eigenvalue weighted by Crippen LogP contribution is -2.44. The van der Waals surface area contributed by atoms with Crippen LogP contribution in [0.5, 0.6) is 0 Å². The maximum Gasteiger partial charge on any atom is 0.231 e. The van der Waals surface area contributed by atoms with Gasteiger partial charge < -0.3 is 16.7 Å². The van der Waals surface area contributed by atoms with E-state index in [2.05, 4.69) is 10.5 Å². The van der Waals surface area contributed by atoms with Crippen molar-refractivity contribution in [3.63, 3.8) is 0 Å². The summed E-state index contributed by atoms with van der Waals surface area (Å²) in [5.74, 6) is -0.419. The summed E-state index contributed by atoms with van der Waals surface area (Å²) >= 11 is 0. The molecule has 0 aliphatic carbocycles. The summed E-state index contributed by atoms with van der Waals surface area (Å²) in [4.78, 5) is 10.3. The minimum absolute atomic E-state index is 0.0225. The summed E-state index contributed by atoms with van der Waals surface area (Å²) < 4.78 is 0. The Labute approximate surface area is 70.6 Å². The molecule has 0 radical (unpaired) electrons. The molecule has 0 aliphatic heterocycles. The molecular formula is C6H14N4O2. The molecule has 70 valence electrons. The molecule has 1 atom stereocenters. The molecule has 6 N–H and O–H groups in total. The Bertz CT molecular complexity index is 180. The van der Waals surface area contributed by atoms with Crippen LogP contribution < -0.4 is 16.8 Å². The van der Waals surface area contributed by atoms with Crippen molar-refractivity contribution in [2.24, 2.45) is 16.6 Å². The highest BCUT2D eigenvalue weighted by Gasteiger charge is 2.10. The second-order valence-electron chi connectivity index (χ2n) is 2.33. The van der Waals surface area contributed by atoms with Crippen molar-refractivity contribution in [3.8, 4) is 0 Å². The van der Waals surface area contributed by atoms with Crippen LogP contribution >= 0.6 is 0 Å². The highest BCUT2D eigenvalue weighted by molar-refractivity contribution is 5.86. The largest absolute Gasteiger partial charge is 0.409 e. The molecule has 0 aliphatic rings. The fourth-order valence-electron chi connectivity index (χ4n) is 0.752. The predicted molar refractivity (Wildman–Crippen MR) is 44.7 cm³/mol. The molecule has 1 unspecified atom stereocenters. The smallest absolute Gasteiger partial charge is 0.231 e. The van der Waals surface area contributed by atoms with Gasteiger partial charge in [-0.3, -0.25) is 10.1 Å². The van der Waals surface area contributed by atoms with Crippen LogP contribution in [0.1, 0.15) is 13.3 Å². The van der Waals surface area contributed by atoms with Gasteiger partial charge in [0, 0.05) is 0 Å². The van der Waals surface area contributed by atoms with Crippen molar-refractivity contribution in [3.05, 3.63) is 0 Å². The van der Waals surface area contributed by atoms with E-state index in [-0.39, 0.29) is 18.4 Å². The van der Waals surface area contributed by atoms with Gasteiger partial charge in [0.25, 0.3) is 0 Å². The molecule has 0 bridgehead atoms. The van der Waals surface area contributed by atoms with Gasteiger partial charge in [-0.2, -0.15) is 0 Å². The molecule has 0 saturated carbocycles. The number of nitrogens with two attached hydrogens (primary N) is 2. The second-order valence-corrected chi connectivity index (χ2v) is 2.33. The summed E-state index contributed by atoms with van der Waals surface area (Å²) in [5, 5.41) is 13.9. The SMILES string of the molecule is CCC(NCC(N)=O)C(N)=NO. The molecule has 0 rings (SSSR count). The van der Waals surface area contributed by atoms with Crippen LogP contribution in [0.4, 0.5) is 0 Å². The first-order chi connectivity index (χ1) is 5.61. The van der Waals surface area contributed by atoms with Crippen LogP contribution in [0, 0.1) is 0 Å². The van der Waals surface area contributed by atoms with E-state index in [1.807, 2.05) is 6.92 Å². The quantitative estimate of drug-likeness (QED) is 0.177. The number of amidine groups is 1. The van der Waals surface area contributed by atoms with E-state index in [1.54, 1.807) is 0 Å². The van der Waals surface area contributed by atoms with Gasteiger partial charge in [0.05, 0.1) is 12.6 Å². The number of hydrogen-bond acceptors (Lipinski definition) is 4. The van der Waals surface area contributed by atoms with Gasteiger partial charge in [-0.25, -0.2) is 0 Å². The zero-order valence-corrected chi connectivity index (χ0v) is 6.95. The molecule has 12 heavy (non-hydrogen) atoms. The van der Waals surface area contributed by atoms with E-state index in [0.29, 0.717) is 6.42 Å². The lowest BCUT2D eigenvalue weighted by molar-refractivity contribution is -0.117. The monoisotopic (exact) mass is 174 g/mol. The summed E-state index contributed by atoms with van der Waals surface area (Å²) in [7, 11) is 0. The minimum atomic E-state index is -0.473. The van der Waals surface area contributed by atoms with Gasteiger partial charge in [-0.15, -0.1) is 0 Å². The molecule has 6 heteroatoms. The van der Waals surface area contributed by atoms with E-state index in [0.717, 1.165) is 0 Å². The Hall–Kier alpha value is -1.30. The second kappa shape index (κ2) is 5.36. The van der Waals surface area contributed by atoms with E-state index in [4.69, 9.17) is 16.7 Å². The Morgan fingerprint density at radius 3 is 2.58 bits per heavy atom. The molecule has 0 heterocycles. The van der Waals surface area contributed by atoms with Crippen molar-refractivity contribution in [2.75, 3.05) is 6.54 Å². The van der Waals surface area contributed by atoms with Crippen LogP contribution in [-0.2, 0) is 4.79 Å². The average molecular weight is 174 g/mol. The molecule has 1 amide bonds. The van der Waals surface area contributed by atoms with Gasteiger partial charge in [0.2, 0.25) is 5.91 Å². The van der Waals surface area contributed by atoms with Gasteiger partial charge in [-0.1, -0.05) is 12.1 Å². The van der Waals surface area contributed by atoms with E-state index >= 15 is 0 Å². The number of carbonyl (C=O) groups excluding carboxylic acids is 1. The maximum atomic E-state index is 10.3. The third-order valence-corrected chi connectivity index (χ3v) is 1.40. The first-order valence-electron chi connectivity index (χ1n) is 3.60. The third kappa shape index (κ3) is 3.77. The van der Waals surface area contributed by atoms with Crippen molar-refractivity contribution in [1.82, 2.24) is 5.32 Å². The first-order valence-corrected chi connectivity index (χ1v) is 3.60. The van der Waals surface area contributed by atoms with Crippen LogP contribution in [0.25, 0.3) is 0 Å². The Balaban J connectivity index is 3.92. The topological polar surface area (TPSA) is 114 Å². The molecule has 0 spiro atoms. The van der Waals surface area contributed by atoms with Crippen LogP contribution in [0.2, 0.25) is 0 Å². The number of amides is 1. The number of carbonyl (C=O) groups is 1. The van der Waals surface area contributed by atoms with E-state index in [1.165, 1.54) is 0 Å². The summed E-state index contributed by atoms with van der Waals surface area (Å²) in [6.07, 6.45) is 0.628. The number of oxime groups is 1. The number of nitrogens with one attached hydrogen (secondary N) is 1. The summed E-state index contributed by atoms with van der Waals surface area (Å²) in [6.45, 7) is 1.87. The minimum Gasteiger partial charge on any atom is -0.409 e. The van der Waals surface area contributed by atoms with E-state index < -0.39 is 5.91 Å². The number of primary amides is 1. The van der Waals surface area contributed by atoms with Crippen molar-refractivity contribution >= 4 is 11.7 Å². The third-order valence-electron chi connectivity index (χ3n) is 1.40. The zero-order chi connectivity index (χ0) is 9.56. The van der Waals surface area contributed by atoms with E-state index in [9.17, 15) is 4.79 Å². The van der Waals surface area contributed by atoms with Gasteiger partial charge in [0.15, 0.2) is 5.84 Å². The molecule has 0 fully saturated rings. The molecule has 0 aromatic rings. The maximum absolute atomic E-state index is 10.3. The first kappa shape index (κ1) is 10.7. The van der Waals surface area contributed by atoms with Crippen molar-refractivity contribution < 1.29 is 10.0 Å². The van der Waals surface area contributed by atoms with Crippen molar-refractivity contribution in [2.45, 2.75) is 19.4 Å². The van der Waals surface area contributed by atoms with Crippen molar-refractivity contribution in [1.29, 1.82) is 0 Å². The normalized spacial score (nSPS) is 14.2. The van der Waals surface area contributed by atoms with Gasteiger partial charge in [0.1, 0.15) is 0 Å². The number of nitrogens with zero attached hydrogens (tertiary/aromatic N) is 1. The van der Waals surface area contributed by atoms with Gasteiger partial charge in [-0.05, 0) is 6.42 Å². The Morgan fingerprint density at radius 2 is 2.25 bits per heavy atom. The Kier molecular flexibility index (Phi) is 4.78. The molecule has 6 nitrogen and oxygen atoms in total. The number of hydrogen-bond donors (Lipinski definition) is 4. The highest BCUT2D eigenvalue weighted by atomic mass is 16.4. The molecule has 0 saturated heterocycles. The zero-order valence-electron chi connectivity index (χ0n) is 6.95. The fourth-order valence-corrected chi connectivity index (χ4v) is 0.752. The average Bonchev–Trinajstić information content (AvgIpc) is 2.04. The van der Waals surface area contributed by atoms with Crippen LogP contribution in [0.15, 0.2) is 5.16 Å². The van der Waals surface area contributed by atoms with Gasteiger partial charge >= 0.3 is 0 Å². The lowest BCUT2D eigenvalue weighted by atomic mass is 10.2. The standard InChI is InChI=1S/C6H14N4O2/c1-2-4(6(8)10-12)9-3-5(7)11/h4,9,12H,2-3H2,1H3,(H2,7,11)(H2,8,10). The molecular weight excluding hydrogens is 160 g/mol.